The Morgan fingerprint density at radius 1 is 1.41 bits per heavy atom. The summed E-state index contributed by atoms with van der Waals surface area (Å²) < 4.78 is 5.60. The summed E-state index contributed by atoms with van der Waals surface area (Å²) >= 11 is 5.97. The molecule has 3 nitrogen and oxygen atoms in total. The van der Waals surface area contributed by atoms with Gasteiger partial charge < -0.3 is 15.2 Å². The van der Waals surface area contributed by atoms with Crippen LogP contribution in [-0.2, 0) is 6.54 Å². The zero-order chi connectivity index (χ0) is 12.5. The molecule has 0 amide bonds. The second-order valence-corrected chi connectivity index (χ2v) is 4.29. The lowest BCUT2D eigenvalue weighted by molar-refractivity contribution is 0.232. The molecule has 0 aliphatic heterocycles. The van der Waals surface area contributed by atoms with Crippen LogP contribution in [0.25, 0.3) is 0 Å². The van der Waals surface area contributed by atoms with Gasteiger partial charge in [0, 0.05) is 30.2 Å². The summed E-state index contributed by atoms with van der Waals surface area (Å²) in [6, 6.07) is 5.61. The Morgan fingerprint density at radius 3 is 2.94 bits per heavy atom. The molecule has 0 unspecified atom stereocenters. The van der Waals surface area contributed by atoms with Crippen LogP contribution >= 0.6 is 11.6 Å². The first-order chi connectivity index (χ1) is 8.27. The second kappa shape index (κ2) is 8.34. The van der Waals surface area contributed by atoms with Gasteiger partial charge in [-0.15, -0.1) is 0 Å². The molecule has 0 bridgehead atoms. The molecule has 1 aromatic rings. The van der Waals surface area contributed by atoms with Crippen molar-refractivity contribution in [1.82, 2.24) is 5.32 Å². The van der Waals surface area contributed by atoms with Crippen molar-refractivity contribution in [3.63, 3.8) is 0 Å². The molecule has 0 aromatic heterocycles. The second-order valence-electron chi connectivity index (χ2n) is 3.85. The molecule has 0 aliphatic rings. The highest BCUT2D eigenvalue weighted by molar-refractivity contribution is 6.30. The quantitative estimate of drug-likeness (QED) is 0.704. The van der Waals surface area contributed by atoms with Crippen LogP contribution in [-0.4, -0.2) is 24.9 Å². The minimum atomic E-state index is 0.150. The summed E-state index contributed by atoms with van der Waals surface area (Å²) in [5.41, 5.74) is 1.06. The Morgan fingerprint density at radius 2 is 2.24 bits per heavy atom. The van der Waals surface area contributed by atoms with Crippen LogP contribution in [0.4, 0.5) is 0 Å². The molecule has 0 spiro atoms. The Balaban J connectivity index is 2.59. The molecule has 0 radical (unpaired) electrons. The van der Waals surface area contributed by atoms with E-state index in [0.717, 1.165) is 30.8 Å². The molecule has 4 heteroatoms. The molecule has 0 heterocycles. The fraction of sp³-hybridized carbons (Fsp3) is 0.538. The van der Waals surface area contributed by atoms with Crippen LogP contribution < -0.4 is 10.1 Å². The summed E-state index contributed by atoms with van der Waals surface area (Å²) in [6.45, 7) is 4.53. The third kappa shape index (κ3) is 5.39. The molecule has 1 rings (SSSR count). The van der Waals surface area contributed by atoms with E-state index in [9.17, 15) is 0 Å². The van der Waals surface area contributed by atoms with E-state index in [2.05, 4.69) is 12.2 Å². The van der Waals surface area contributed by atoms with Crippen LogP contribution in [0.3, 0.4) is 0 Å². The van der Waals surface area contributed by atoms with Gasteiger partial charge in [-0.1, -0.05) is 18.5 Å². The number of benzene rings is 1. The van der Waals surface area contributed by atoms with E-state index in [4.69, 9.17) is 21.4 Å². The highest BCUT2D eigenvalue weighted by Gasteiger charge is 2.04. The van der Waals surface area contributed by atoms with E-state index < -0.39 is 0 Å². The van der Waals surface area contributed by atoms with E-state index in [0.29, 0.717) is 18.1 Å². The lowest BCUT2D eigenvalue weighted by Gasteiger charge is -2.12. The third-order valence-corrected chi connectivity index (χ3v) is 2.56. The predicted molar refractivity (Wildman–Crippen MR) is 70.6 cm³/mol. The van der Waals surface area contributed by atoms with Crippen molar-refractivity contribution in [2.45, 2.75) is 26.3 Å². The third-order valence-electron chi connectivity index (χ3n) is 2.32. The minimum Gasteiger partial charge on any atom is -0.493 e. The SMILES string of the molecule is CCCNCc1cc(Cl)ccc1OCCCO. The van der Waals surface area contributed by atoms with Crippen LogP contribution in [0.15, 0.2) is 18.2 Å². The van der Waals surface area contributed by atoms with Crippen molar-refractivity contribution in [2.75, 3.05) is 19.8 Å². The van der Waals surface area contributed by atoms with Crippen molar-refractivity contribution in [2.24, 2.45) is 0 Å². The minimum absolute atomic E-state index is 0.150. The normalized spacial score (nSPS) is 10.5. The Labute approximate surface area is 108 Å². The number of aliphatic hydroxyl groups is 1. The maximum atomic E-state index is 8.72. The van der Waals surface area contributed by atoms with E-state index in [1.54, 1.807) is 0 Å². The van der Waals surface area contributed by atoms with Crippen molar-refractivity contribution in [3.05, 3.63) is 28.8 Å². The maximum Gasteiger partial charge on any atom is 0.123 e. The van der Waals surface area contributed by atoms with Gasteiger partial charge in [-0.25, -0.2) is 0 Å². The Bertz CT molecular complexity index is 331. The number of hydrogen-bond acceptors (Lipinski definition) is 3. The van der Waals surface area contributed by atoms with Gasteiger partial charge in [0.1, 0.15) is 5.75 Å². The zero-order valence-electron chi connectivity index (χ0n) is 10.2. The molecule has 2 N–H and O–H groups in total. The molecule has 0 saturated carbocycles. The fourth-order valence-corrected chi connectivity index (χ4v) is 1.67. The largest absolute Gasteiger partial charge is 0.493 e. The summed E-state index contributed by atoms with van der Waals surface area (Å²) in [5, 5.41) is 12.8. The topological polar surface area (TPSA) is 41.5 Å². The first kappa shape index (κ1) is 14.3. The van der Waals surface area contributed by atoms with Crippen LogP contribution in [0.5, 0.6) is 5.75 Å². The van der Waals surface area contributed by atoms with Gasteiger partial charge in [-0.3, -0.25) is 0 Å². The van der Waals surface area contributed by atoms with Crippen molar-refractivity contribution >= 4 is 11.6 Å². The number of hydrogen-bond donors (Lipinski definition) is 2. The smallest absolute Gasteiger partial charge is 0.123 e. The number of aliphatic hydroxyl groups excluding tert-OH is 1. The summed E-state index contributed by atoms with van der Waals surface area (Å²) in [5.74, 6) is 0.839. The monoisotopic (exact) mass is 257 g/mol. The number of ether oxygens (including phenoxy) is 1. The lowest BCUT2D eigenvalue weighted by Crippen LogP contribution is -2.15. The summed E-state index contributed by atoms with van der Waals surface area (Å²) in [4.78, 5) is 0. The molecular weight excluding hydrogens is 238 g/mol. The molecule has 0 atom stereocenters. The van der Waals surface area contributed by atoms with Gasteiger partial charge in [0.15, 0.2) is 0 Å². The Kier molecular flexibility index (Phi) is 7.01. The molecule has 0 saturated heterocycles. The number of nitrogens with one attached hydrogen (secondary N) is 1. The molecule has 0 fully saturated rings. The van der Waals surface area contributed by atoms with E-state index in [-0.39, 0.29) is 6.61 Å². The predicted octanol–water partition coefficient (Wildman–Crippen LogP) is 2.60. The van der Waals surface area contributed by atoms with Crippen LogP contribution in [0.2, 0.25) is 5.02 Å². The van der Waals surface area contributed by atoms with Crippen LogP contribution in [0, 0.1) is 0 Å². The van der Waals surface area contributed by atoms with Gasteiger partial charge in [0.2, 0.25) is 0 Å². The molecule has 17 heavy (non-hydrogen) atoms. The first-order valence-corrected chi connectivity index (χ1v) is 6.38. The lowest BCUT2D eigenvalue weighted by atomic mass is 10.2. The molecule has 96 valence electrons. The van der Waals surface area contributed by atoms with Crippen molar-refractivity contribution in [1.29, 1.82) is 0 Å². The average molecular weight is 258 g/mol. The van der Waals surface area contributed by atoms with Crippen molar-refractivity contribution < 1.29 is 9.84 Å². The Hall–Kier alpha value is -0.770. The van der Waals surface area contributed by atoms with E-state index in [1.807, 2.05) is 18.2 Å². The number of rotatable bonds is 8. The maximum absolute atomic E-state index is 8.72. The van der Waals surface area contributed by atoms with Gasteiger partial charge in [-0.05, 0) is 31.2 Å². The standard InChI is InChI=1S/C13H20ClNO2/c1-2-6-15-10-11-9-12(14)4-5-13(11)17-8-3-7-16/h4-5,9,15-16H,2-3,6-8,10H2,1H3. The summed E-state index contributed by atoms with van der Waals surface area (Å²) in [7, 11) is 0. The highest BCUT2D eigenvalue weighted by Crippen LogP contribution is 2.23. The zero-order valence-corrected chi connectivity index (χ0v) is 11.0. The average Bonchev–Trinajstić information content (AvgIpc) is 2.32. The van der Waals surface area contributed by atoms with Gasteiger partial charge in [0.05, 0.1) is 6.61 Å². The van der Waals surface area contributed by atoms with E-state index in [1.165, 1.54) is 0 Å². The number of halogens is 1. The van der Waals surface area contributed by atoms with Crippen molar-refractivity contribution in [3.8, 4) is 5.75 Å². The highest BCUT2D eigenvalue weighted by atomic mass is 35.5. The van der Waals surface area contributed by atoms with Gasteiger partial charge in [-0.2, -0.15) is 0 Å². The first-order valence-electron chi connectivity index (χ1n) is 6.00. The molecular formula is C13H20ClNO2. The summed E-state index contributed by atoms with van der Waals surface area (Å²) in [6.07, 6.45) is 1.74. The van der Waals surface area contributed by atoms with E-state index >= 15 is 0 Å². The van der Waals surface area contributed by atoms with Gasteiger partial charge in [0.25, 0.3) is 0 Å². The fourth-order valence-electron chi connectivity index (χ4n) is 1.47. The van der Waals surface area contributed by atoms with Crippen LogP contribution in [0.1, 0.15) is 25.3 Å². The molecule has 0 aliphatic carbocycles. The van der Waals surface area contributed by atoms with Gasteiger partial charge >= 0.3 is 0 Å². The molecule has 1 aromatic carbocycles.